The second-order valence-electron chi connectivity index (χ2n) is 5.84. The van der Waals surface area contributed by atoms with E-state index in [-0.39, 0.29) is 0 Å². The molecule has 0 aliphatic heterocycles. The Balaban J connectivity index is 1.87. The highest BCUT2D eigenvalue weighted by atomic mass is 16.5. The number of aromatic nitrogens is 1. The van der Waals surface area contributed by atoms with Gasteiger partial charge in [0.05, 0.1) is 13.2 Å². The summed E-state index contributed by atoms with van der Waals surface area (Å²) >= 11 is 0. The minimum atomic E-state index is 0.451. The number of nitrogens with two attached hydrogens (primary N) is 1. The Labute approximate surface area is 138 Å². The van der Waals surface area contributed by atoms with Gasteiger partial charge in [-0.25, -0.2) is 9.98 Å². The molecule has 1 aliphatic rings. The normalized spacial score (nSPS) is 16.8. The number of hydrogen-bond donors (Lipinski definition) is 2. The van der Waals surface area contributed by atoms with E-state index in [0.717, 1.165) is 5.56 Å². The Bertz CT molecular complexity index is 485. The van der Waals surface area contributed by atoms with E-state index in [9.17, 15) is 0 Å². The van der Waals surface area contributed by atoms with Crippen LogP contribution in [-0.2, 0) is 11.3 Å². The van der Waals surface area contributed by atoms with E-state index < -0.39 is 0 Å². The molecule has 1 aromatic heterocycles. The second-order valence-corrected chi connectivity index (χ2v) is 5.84. The minimum absolute atomic E-state index is 0.451. The fourth-order valence-corrected chi connectivity index (χ4v) is 2.74. The molecule has 0 atom stereocenters. The maximum absolute atomic E-state index is 6.03. The predicted molar refractivity (Wildman–Crippen MR) is 91.6 cm³/mol. The van der Waals surface area contributed by atoms with Gasteiger partial charge >= 0.3 is 0 Å². The molecule has 1 aliphatic carbocycles. The van der Waals surface area contributed by atoms with Crippen LogP contribution in [0.3, 0.4) is 0 Å². The van der Waals surface area contributed by atoms with Crippen molar-refractivity contribution in [2.75, 3.05) is 20.3 Å². The van der Waals surface area contributed by atoms with Crippen molar-refractivity contribution >= 4 is 5.96 Å². The number of rotatable bonds is 7. The van der Waals surface area contributed by atoms with Crippen molar-refractivity contribution in [1.29, 1.82) is 0 Å². The third kappa shape index (κ3) is 6.44. The Hall–Kier alpha value is -1.82. The number of methoxy groups -OCH3 is 1. The summed E-state index contributed by atoms with van der Waals surface area (Å²) in [6.45, 7) is 1.46. The quantitative estimate of drug-likeness (QED) is 0.348. The van der Waals surface area contributed by atoms with Crippen LogP contribution in [0.5, 0.6) is 5.88 Å². The molecule has 0 bridgehead atoms. The summed E-state index contributed by atoms with van der Waals surface area (Å²) in [5.41, 5.74) is 6.96. The van der Waals surface area contributed by atoms with Crippen LogP contribution in [0.25, 0.3) is 0 Å². The van der Waals surface area contributed by atoms with Gasteiger partial charge in [-0.05, 0) is 18.9 Å². The lowest BCUT2D eigenvalue weighted by Gasteiger charge is -2.16. The molecule has 2 rings (SSSR count). The van der Waals surface area contributed by atoms with Crippen LogP contribution in [0.2, 0.25) is 0 Å². The van der Waals surface area contributed by atoms with Gasteiger partial charge in [-0.3, -0.25) is 0 Å². The SMILES string of the molecule is COCCOc1ncccc1CN=C(N)NC1CCCCCC1. The number of pyridine rings is 1. The molecule has 23 heavy (non-hydrogen) atoms. The van der Waals surface area contributed by atoms with Crippen molar-refractivity contribution in [2.24, 2.45) is 10.7 Å². The topological polar surface area (TPSA) is 81.8 Å². The summed E-state index contributed by atoms with van der Waals surface area (Å²) in [5, 5.41) is 3.35. The molecule has 1 aromatic rings. The van der Waals surface area contributed by atoms with Crippen LogP contribution in [0, 0.1) is 0 Å². The van der Waals surface area contributed by atoms with Crippen molar-refractivity contribution in [3.8, 4) is 5.88 Å². The number of hydrogen-bond acceptors (Lipinski definition) is 4. The monoisotopic (exact) mass is 320 g/mol. The van der Waals surface area contributed by atoms with Gasteiger partial charge in [-0.15, -0.1) is 0 Å². The number of ether oxygens (including phenoxy) is 2. The molecule has 1 saturated carbocycles. The summed E-state index contributed by atoms with van der Waals surface area (Å²) in [7, 11) is 1.65. The molecule has 128 valence electrons. The Kier molecular flexibility index (Phi) is 7.66. The number of aliphatic imine (C=N–C) groups is 1. The van der Waals surface area contributed by atoms with E-state index in [4.69, 9.17) is 15.2 Å². The summed E-state index contributed by atoms with van der Waals surface area (Å²) in [5.74, 6) is 1.10. The van der Waals surface area contributed by atoms with Crippen LogP contribution in [0.1, 0.15) is 44.1 Å². The first-order valence-corrected chi connectivity index (χ1v) is 8.41. The van der Waals surface area contributed by atoms with Crippen molar-refractivity contribution in [2.45, 2.75) is 51.1 Å². The second kappa shape index (κ2) is 10.0. The first-order valence-electron chi connectivity index (χ1n) is 8.41. The maximum Gasteiger partial charge on any atom is 0.218 e. The van der Waals surface area contributed by atoms with Gasteiger partial charge < -0.3 is 20.5 Å². The van der Waals surface area contributed by atoms with Crippen molar-refractivity contribution in [1.82, 2.24) is 10.3 Å². The molecule has 0 radical (unpaired) electrons. The summed E-state index contributed by atoms with van der Waals surface area (Å²) in [6, 6.07) is 4.29. The molecule has 0 saturated heterocycles. The molecule has 0 amide bonds. The summed E-state index contributed by atoms with van der Waals surface area (Å²) in [4.78, 5) is 8.69. The predicted octanol–water partition coefficient (Wildman–Crippen LogP) is 2.23. The van der Waals surface area contributed by atoms with Crippen LogP contribution in [0.4, 0.5) is 0 Å². The van der Waals surface area contributed by atoms with E-state index >= 15 is 0 Å². The highest BCUT2D eigenvalue weighted by Gasteiger charge is 2.12. The molecular formula is C17H28N4O2. The van der Waals surface area contributed by atoms with E-state index in [1.807, 2.05) is 12.1 Å². The molecule has 0 unspecified atom stereocenters. The fraction of sp³-hybridized carbons (Fsp3) is 0.647. The zero-order chi connectivity index (χ0) is 16.3. The lowest BCUT2D eigenvalue weighted by Crippen LogP contribution is -2.39. The van der Waals surface area contributed by atoms with E-state index in [2.05, 4.69) is 15.3 Å². The third-order valence-electron chi connectivity index (χ3n) is 4.00. The number of nitrogens with zero attached hydrogens (tertiary/aromatic N) is 2. The van der Waals surface area contributed by atoms with E-state index in [1.54, 1.807) is 13.3 Å². The van der Waals surface area contributed by atoms with Gasteiger partial charge in [-0.1, -0.05) is 31.7 Å². The van der Waals surface area contributed by atoms with Gasteiger partial charge in [0.15, 0.2) is 5.96 Å². The van der Waals surface area contributed by atoms with Crippen molar-refractivity contribution < 1.29 is 9.47 Å². The lowest BCUT2D eigenvalue weighted by molar-refractivity contribution is 0.143. The van der Waals surface area contributed by atoms with Crippen molar-refractivity contribution in [3.63, 3.8) is 0 Å². The highest BCUT2D eigenvalue weighted by Crippen LogP contribution is 2.17. The van der Waals surface area contributed by atoms with Gasteiger partial charge in [0, 0.05) is 24.9 Å². The van der Waals surface area contributed by atoms with Crippen LogP contribution in [0.15, 0.2) is 23.3 Å². The Morgan fingerprint density at radius 1 is 1.30 bits per heavy atom. The van der Waals surface area contributed by atoms with Crippen LogP contribution in [-0.4, -0.2) is 37.3 Å². The minimum Gasteiger partial charge on any atom is -0.475 e. The average Bonchev–Trinajstić information content (AvgIpc) is 2.83. The standard InChI is InChI=1S/C17H28N4O2/c1-22-11-12-23-16-14(7-6-10-19-16)13-20-17(18)21-15-8-4-2-3-5-9-15/h6-7,10,15H,2-5,8-9,11-13H2,1H3,(H3,18,20,21). The molecule has 1 fully saturated rings. The molecule has 6 nitrogen and oxygen atoms in total. The van der Waals surface area contributed by atoms with Crippen molar-refractivity contribution in [3.05, 3.63) is 23.9 Å². The van der Waals surface area contributed by atoms with Gasteiger partial charge in [0.2, 0.25) is 5.88 Å². The van der Waals surface area contributed by atoms with E-state index in [1.165, 1.54) is 38.5 Å². The molecule has 0 spiro atoms. The average molecular weight is 320 g/mol. The smallest absolute Gasteiger partial charge is 0.218 e. The van der Waals surface area contributed by atoms with Gasteiger partial charge in [0.25, 0.3) is 0 Å². The maximum atomic E-state index is 6.03. The van der Waals surface area contributed by atoms with Crippen LogP contribution < -0.4 is 15.8 Å². The first kappa shape index (κ1) is 17.5. The fourth-order valence-electron chi connectivity index (χ4n) is 2.74. The molecule has 0 aromatic carbocycles. The van der Waals surface area contributed by atoms with Crippen LogP contribution >= 0.6 is 0 Å². The van der Waals surface area contributed by atoms with E-state index in [0.29, 0.717) is 37.6 Å². The lowest BCUT2D eigenvalue weighted by atomic mass is 10.1. The zero-order valence-electron chi connectivity index (χ0n) is 14.0. The Morgan fingerprint density at radius 3 is 2.83 bits per heavy atom. The molecule has 6 heteroatoms. The third-order valence-corrected chi connectivity index (χ3v) is 4.00. The first-order chi connectivity index (χ1) is 11.3. The zero-order valence-corrected chi connectivity index (χ0v) is 14.0. The highest BCUT2D eigenvalue weighted by molar-refractivity contribution is 5.78. The molecule has 3 N–H and O–H groups in total. The largest absolute Gasteiger partial charge is 0.475 e. The summed E-state index contributed by atoms with van der Waals surface area (Å²) in [6.07, 6.45) is 9.25. The number of nitrogens with one attached hydrogen (secondary N) is 1. The molecule has 1 heterocycles. The summed E-state index contributed by atoms with van der Waals surface area (Å²) < 4.78 is 10.6. The van der Waals surface area contributed by atoms with Gasteiger partial charge in [-0.2, -0.15) is 0 Å². The molecular weight excluding hydrogens is 292 g/mol. The van der Waals surface area contributed by atoms with Gasteiger partial charge in [0.1, 0.15) is 6.61 Å². The Morgan fingerprint density at radius 2 is 2.09 bits per heavy atom. The number of guanidine groups is 1.